The van der Waals surface area contributed by atoms with Gasteiger partial charge < -0.3 is 245 Å². The molecular weight excluding hydrogens is 1320 g/mol. The van der Waals surface area contributed by atoms with Gasteiger partial charge in [0.15, 0.2) is 0 Å². The summed E-state index contributed by atoms with van der Waals surface area (Å²) in [6.45, 7) is 21.1. The maximum atomic E-state index is 8.93. The van der Waals surface area contributed by atoms with Crippen LogP contribution in [0.25, 0.3) is 0 Å². The molecule has 480 valence electrons. The van der Waals surface area contributed by atoms with Crippen molar-refractivity contribution in [2.75, 3.05) is 105 Å². The molecule has 4 saturated heterocycles. The van der Waals surface area contributed by atoms with Crippen molar-refractivity contribution in [3.8, 4) is 0 Å². The Kier molecular flexibility index (Phi) is 143. The topological polar surface area (TPSA) is 1030 Å². The number of rotatable bonds is 0. The molecule has 4 heterocycles. The van der Waals surface area contributed by atoms with E-state index < -0.39 is 95.5 Å². The first-order valence-corrected chi connectivity index (χ1v) is 19.1. The minimum Gasteiger partial charge on any atom is -0.543 e. The fraction of sp³-hybridized carbons (Fsp3) is 0.500. The smallest absolute Gasteiger partial charge is 0.543 e. The van der Waals surface area contributed by atoms with E-state index in [4.69, 9.17) is 158 Å². The molecule has 0 atom stereocenters. The molecule has 0 amide bonds. The standard InChI is InChI=1S/4C4H10N2.8C2H2O4.8H2O.2Zr/c4*1-2-6-4-3-5-1;8*3-1(4)2(5)6;;;;;;;;;;/h4*5-6H,1-4H2;8*(H,3,4)(H,5,6);8*1H2;;/q;;;;;;;;;;;;;;;;;;;;2*+4/p-8. The third-order valence-electron chi connectivity index (χ3n) is 5.93. The molecule has 0 aromatic heterocycles. The predicted molar refractivity (Wildman–Crippen MR) is 202 cm³/mol. The first-order valence-electron chi connectivity index (χ1n) is 19.1. The van der Waals surface area contributed by atoms with Crippen LogP contribution < -0.4 is 124 Å². The fourth-order valence-corrected chi connectivity index (χ4v) is 3.04. The molecule has 82 heavy (non-hydrogen) atoms. The largest absolute Gasteiger partial charge is 4.00 e. The Morgan fingerprint density at radius 3 is 0.195 bits per heavy atom. The van der Waals surface area contributed by atoms with Gasteiger partial charge in [0.1, 0.15) is 105 Å². The average Bonchev–Trinajstić information content (AvgIpc) is 3.33. The molecule has 4 aliphatic heterocycles. The minimum absolute atomic E-state index is 0. The van der Waals surface area contributed by atoms with E-state index >= 15 is 0 Å². The second-order valence-corrected chi connectivity index (χ2v) is 11.5. The number of quaternary nitrogens is 8. The van der Waals surface area contributed by atoms with Crippen LogP contribution in [0.3, 0.4) is 0 Å². The Labute approximate surface area is 495 Å². The Balaban J connectivity index is -0.0000000337. The van der Waals surface area contributed by atoms with Crippen molar-refractivity contribution < 1.29 is 297 Å². The number of carbonyl (C=O) groups is 16. The molecule has 0 unspecified atom stereocenters. The van der Waals surface area contributed by atoms with E-state index in [2.05, 4.69) is 42.5 Å². The van der Waals surface area contributed by atoms with Crippen LogP contribution in [0.4, 0.5) is 0 Å². The molecule has 0 aromatic rings. The van der Waals surface area contributed by atoms with Crippen LogP contribution in [0.2, 0.25) is 0 Å². The SMILES string of the molecule is C1C[NH2+]CC[NH2+]1.C1C[NH2+]CC[NH2+]1.C1C[NH2+]CC[NH2+]1.C1C[NH2+]CC[NH2+]1.O.O.O.O.O.O.O.O.O=C([O-])C(=O)[O-].O=C([O-])C(=O)[O-].O=C([O-])C(=O)[O-].O=C([O-])C(=O)[O-].O=C([O-])C(=O)[O-].O=C([O-])C(=O)[O-].O=C([O-])C(=O)[O-].O=C([O-])C(=O)[O-].[Zr+4].[Zr+4]. The molecule has 0 bridgehead atoms. The zero-order valence-corrected chi connectivity index (χ0v) is 46.9. The number of hydrogen-bond acceptors (Lipinski definition) is 32. The molecule has 4 fully saturated rings. The summed E-state index contributed by atoms with van der Waals surface area (Å²) in [5, 5.41) is 162. The summed E-state index contributed by atoms with van der Waals surface area (Å²) in [6, 6.07) is 0. The second-order valence-electron chi connectivity index (χ2n) is 11.5. The van der Waals surface area contributed by atoms with Crippen LogP contribution in [-0.4, -0.2) is 244 Å². The van der Waals surface area contributed by atoms with Crippen LogP contribution >= 0.6 is 0 Å². The zero-order valence-electron chi connectivity index (χ0n) is 42.0. The molecule has 4 rings (SSSR count). The van der Waals surface area contributed by atoms with Crippen LogP contribution in [0.15, 0.2) is 0 Å². The number of nitrogens with two attached hydrogens (primary N) is 8. The van der Waals surface area contributed by atoms with Gasteiger partial charge in [-0.1, -0.05) is 0 Å². The molecular formula is C32H64N8O40Zr2. The Morgan fingerprint density at radius 2 is 0.183 bits per heavy atom. The summed E-state index contributed by atoms with van der Waals surface area (Å²) in [5.41, 5.74) is 0. The molecule has 50 heteroatoms. The molecule has 0 spiro atoms. The number of aliphatic carboxylic acids is 16. The van der Waals surface area contributed by atoms with Gasteiger partial charge in [0.05, 0.1) is 95.5 Å². The van der Waals surface area contributed by atoms with E-state index in [1.807, 2.05) is 0 Å². The van der Waals surface area contributed by atoms with Gasteiger partial charge in [-0.15, -0.1) is 0 Å². The van der Waals surface area contributed by atoms with Crippen molar-refractivity contribution in [2.45, 2.75) is 0 Å². The van der Waals surface area contributed by atoms with Crippen molar-refractivity contribution in [3.05, 3.63) is 0 Å². The maximum Gasteiger partial charge on any atom is 4.00 e. The maximum absolute atomic E-state index is 8.93. The molecule has 48 nitrogen and oxygen atoms in total. The van der Waals surface area contributed by atoms with Crippen LogP contribution in [-0.2, 0) is 129 Å². The summed E-state index contributed by atoms with van der Waals surface area (Å²) < 4.78 is 0. The summed E-state index contributed by atoms with van der Waals surface area (Å²) in [7, 11) is 0. The monoisotopic (exact) mass is 1380 g/mol. The Hall–Kier alpha value is -7.35. The van der Waals surface area contributed by atoms with Crippen molar-refractivity contribution in [3.63, 3.8) is 0 Å². The quantitative estimate of drug-likeness (QED) is 0.104. The number of hydrogen-bond donors (Lipinski definition) is 8. The summed E-state index contributed by atoms with van der Waals surface area (Å²) >= 11 is 0. The third-order valence-corrected chi connectivity index (χ3v) is 5.93. The van der Waals surface area contributed by atoms with Gasteiger partial charge in [-0.05, 0) is 0 Å². The van der Waals surface area contributed by atoms with Crippen LogP contribution in [0, 0.1) is 0 Å². The van der Waals surface area contributed by atoms with Crippen molar-refractivity contribution >= 4 is 95.5 Å². The van der Waals surface area contributed by atoms with Gasteiger partial charge in [-0.3, -0.25) is 0 Å². The summed E-state index contributed by atoms with van der Waals surface area (Å²) in [6.07, 6.45) is 0. The molecule has 4 aliphatic rings. The van der Waals surface area contributed by atoms with Crippen molar-refractivity contribution in [1.29, 1.82) is 0 Å². The van der Waals surface area contributed by atoms with E-state index in [9.17, 15) is 0 Å². The average molecular weight is 1380 g/mol. The van der Waals surface area contributed by atoms with Crippen molar-refractivity contribution in [2.24, 2.45) is 0 Å². The van der Waals surface area contributed by atoms with Gasteiger partial charge in [0.2, 0.25) is 0 Å². The molecule has 32 N–H and O–H groups in total. The van der Waals surface area contributed by atoms with E-state index in [-0.39, 0.29) is 96.2 Å². The first kappa shape index (κ1) is 126. The number of carbonyl (C=O) groups excluding carboxylic acids is 16. The van der Waals surface area contributed by atoms with Crippen LogP contribution in [0.1, 0.15) is 0 Å². The second kappa shape index (κ2) is 93.0. The van der Waals surface area contributed by atoms with Crippen molar-refractivity contribution in [1.82, 2.24) is 0 Å². The van der Waals surface area contributed by atoms with Gasteiger partial charge in [0.25, 0.3) is 0 Å². The zero-order chi connectivity index (χ0) is 58.2. The number of piperazine rings is 4. The Morgan fingerprint density at radius 1 is 0.146 bits per heavy atom. The van der Waals surface area contributed by atoms with E-state index in [1.54, 1.807) is 0 Å². The first-order chi connectivity index (χ1) is 33.1. The van der Waals surface area contributed by atoms with Gasteiger partial charge >= 0.3 is 52.4 Å². The van der Waals surface area contributed by atoms with Crippen LogP contribution in [0.5, 0.6) is 0 Å². The normalized spacial score (nSPS) is 11.3. The number of carboxylic acid groups (broad SMARTS) is 16. The molecule has 0 aromatic carbocycles. The predicted octanol–water partition coefficient (Wildman–Crippen LogP) is -46.2. The third kappa shape index (κ3) is 158. The van der Waals surface area contributed by atoms with Gasteiger partial charge in [0, 0.05) is 0 Å². The number of carboxylic acids is 16. The summed E-state index contributed by atoms with van der Waals surface area (Å²) in [4.78, 5) is 143. The summed E-state index contributed by atoms with van der Waals surface area (Å²) in [5.74, 6) is -35.0. The molecule has 0 radical (unpaired) electrons. The molecule has 0 saturated carbocycles. The van der Waals surface area contributed by atoms with Gasteiger partial charge in [-0.25, -0.2) is 0 Å². The van der Waals surface area contributed by atoms with E-state index in [0.717, 1.165) is 0 Å². The minimum atomic E-state index is -2.19. The van der Waals surface area contributed by atoms with Gasteiger partial charge in [-0.2, -0.15) is 0 Å². The Bertz CT molecular complexity index is 1220. The van der Waals surface area contributed by atoms with E-state index in [0.29, 0.717) is 0 Å². The molecule has 0 aliphatic carbocycles. The fourth-order valence-electron chi connectivity index (χ4n) is 3.04. The van der Waals surface area contributed by atoms with E-state index in [1.165, 1.54) is 105 Å².